The van der Waals surface area contributed by atoms with Crippen molar-refractivity contribution in [3.63, 3.8) is 0 Å². The Bertz CT molecular complexity index is 1510. The zero-order chi connectivity index (χ0) is 41.1. The summed E-state index contributed by atoms with van der Waals surface area (Å²) in [6, 6.07) is -5.60. The molecular weight excluding hydrogens is 726 g/mol. The van der Waals surface area contributed by atoms with Gasteiger partial charge in [-0.2, -0.15) is 0 Å². The molecule has 0 aliphatic carbocycles. The first-order valence-electron chi connectivity index (χ1n) is 16.2. The van der Waals surface area contributed by atoms with Crippen LogP contribution >= 0.6 is 0 Å². The van der Waals surface area contributed by atoms with Crippen LogP contribution in [0.25, 0.3) is 0 Å². The molecule has 300 valence electrons. The predicted molar refractivity (Wildman–Crippen MR) is 180 cm³/mol. The van der Waals surface area contributed by atoms with Gasteiger partial charge in [-0.05, 0) is 43.9 Å². The Labute approximate surface area is 306 Å². The molecule has 1 rings (SSSR count). The van der Waals surface area contributed by atoms with Crippen LogP contribution in [-0.4, -0.2) is 151 Å². The van der Waals surface area contributed by atoms with Crippen LogP contribution in [0.3, 0.4) is 0 Å². The van der Waals surface area contributed by atoms with E-state index in [1.54, 1.807) is 0 Å². The van der Waals surface area contributed by atoms with E-state index in [4.69, 9.17) is 21.1 Å². The van der Waals surface area contributed by atoms with E-state index in [1.807, 2.05) is 16.0 Å². The smallest absolute Gasteiger partial charge is 0.328 e. The molecule has 0 saturated heterocycles. The second kappa shape index (κ2) is 22.9. The van der Waals surface area contributed by atoms with Gasteiger partial charge in [0.05, 0.1) is 25.9 Å². The summed E-state index contributed by atoms with van der Waals surface area (Å²) in [6.07, 6.45) is -2.62. The van der Waals surface area contributed by atoms with Crippen molar-refractivity contribution in [1.29, 1.82) is 0 Å². The van der Waals surface area contributed by atoms with Gasteiger partial charge in [0.25, 0.3) is 0 Å². The molecule has 0 aliphatic heterocycles. The molecule has 7 atom stereocenters. The van der Waals surface area contributed by atoms with Crippen LogP contribution in [0.2, 0.25) is 0 Å². The standard InChI is InChI=1S/C31H45N7O16/c1-14(33-26(48)17(32)10-15-2-4-16(42)5-3-15)25(47)36-20(11-39)29(51)34-18(6-8-23(43)44)27(49)37-21(12-40)30(52)35-19(7-9-24(45)46)28(50)38-22(13-41)31(53)54/h2-5,14,17-22,39-42H,6-13,32H2,1H3,(H,33,48)(H,34,51)(H,35,52)(H,36,47)(H,37,49)(H,38,50)(H,43,44)(H,45,46)(H,53,54)/t14-,17-,18-,19-,20-,21-,22-/m0/s1. The fourth-order valence-corrected chi connectivity index (χ4v) is 4.40. The lowest BCUT2D eigenvalue weighted by Crippen LogP contribution is -2.60. The molecule has 0 radical (unpaired) electrons. The fraction of sp³-hybridized carbons (Fsp3) is 0.516. The van der Waals surface area contributed by atoms with Crippen LogP contribution in [0, 0.1) is 0 Å². The van der Waals surface area contributed by atoms with Crippen LogP contribution in [0.15, 0.2) is 24.3 Å². The Hall–Kier alpha value is -5.91. The summed E-state index contributed by atoms with van der Waals surface area (Å²) < 4.78 is 0. The topological polar surface area (TPSA) is 393 Å². The van der Waals surface area contributed by atoms with E-state index in [0.29, 0.717) is 5.56 Å². The van der Waals surface area contributed by atoms with E-state index in [0.717, 1.165) is 0 Å². The normalized spacial score (nSPS) is 14.7. The first-order valence-corrected chi connectivity index (χ1v) is 16.2. The third kappa shape index (κ3) is 16.2. The lowest BCUT2D eigenvalue weighted by molar-refractivity contribution is -0.144. The molecular formula is C31H45N7O16. The van der Waals surface area contributed by atoms with Crippen molar-refractivity contribution in [1.82, 2.24) is 31.9 Å². The molecule has 54 heavy (non-hydrogen) atoms. The maximum atomic E-state index is 13.2. The lowest BCUT2D eigenvalue weighted by atomic mass is 10.1. The van der Waals surface area contributed by atoms with E-state index < -0.39 is 141 Å². The lowest BCUT2D eigenvalue weighted by Gasteiger charge is -2.26. The molecule has 0 aliphatic rings. The summed E-state index contributed by atoms with van der Waals surface area (Å²) in [5.41, 5.74) is 6.51. The van der Waals surface area contributed by atoms with E-state index in [-0.39, 0.29) is 12.2 Å². The highest BCUT2D eigenvalue weighted by atomic mass is 16.4. The summed E-state index contributed by atoms with van der Waals surface area (Å²) in [4.78, 5) is 111. The number of benzene rings is 1. The first-order chi connectivity index (χ1) is 25.3. The molecule has 0 bridgehead atoms. The zero-order valence-electron chi connectivity index (χ0n) is 28.9. The van der Waals surface area contributed by atoms with Crippen LogP contribution < -0.4 is 37.6 Å². The maximum Gasteiger partial charge on any atom is 0.328 e. The number of carbonyl (C=O) groups is 9. The SMILES string of the molecule is C[C@H](NC(=O)[C@@H](N)Cc1ccc(O)cc1)C(=O)N[C@@H](CO)C(=O)N[C@@H](CCC(=O)O)C(=O)N[C@@H](CO)C(=O)N[C@@H](CCC(=O)O)C(=O)N[C@@H](CO)C(=O)O. The predicted octanol–water partition coefficient (Wildman–Crippen LogP) is -6.02. The van der Waals surface area contributed by atoms with Crippen molar-refractivity contribution in [2.75, 3.05) is 19.8 Å². The van der Waals surface area contributed by atoms with Gasteiger partial charge in [0.1, 0.15) is 42.0 Å². The molecule has 0 saturated carbocycles. The van der Waals surface area contributed by atoms with Gasteiger partial charge in [-0.3, -0.25) is 38.4 Å². The average Bonchev–Trinajstić information content (AvgIpc) is 3.11. The largest absolute Gasteiger partial charge is 0.508 e. The van der Waals surface area contributed by atoms with Crippen molar-refractivity contribution < 1.29 is 78.9 Å². The molecule has 0 fully saturated rings. The number of aliphatic hydroxyl groups excluding tert-OH is 3. The molecule has 6 amide bonds. The number of aliphatic carboxylic acids is 3. The monoisotopic (exact) mass is 771 g/mol. The summed E-state index contributed by atoms with van der Waals surface area (Å²) in [5.74, 6) is -11.2. The Kier molecular flexibility index (Phi) is 19.6. The number of aliphatic hydroxyl groups is 3. The number of phenols is 1. The van der Waals surface area contributed by atoms with Crippen LogP contribution in [0.5, 0.6) is 5.75 Å². The van der Waals surface area contributed by atoms with E-state index in [2.05, 4.69) is 16.0 Å². The number of amides is 6. The number of nitrogens with one attached hydrogen (secondary N) is 6. The van der Waals surface area contributed by atoms with Crippen molar-refractivity contribution in [2.45, 2.75) is 81.3 Å². The number of carboxylic acid groups (broad SMARTS) is 3. The number of phenolic OH excluding ortho intramolecular Hbond substituents is 1. The van der Waals surface area contributed by atoms with Crippen LogP contribution in [-0.2, 0) is 49.6 Å². The quantitative estimate of drug-likeness (QED) is 0.0465. The molecule has 23 heteroatoms. The Morgan fingerprint density at radius 2 is 0.926 bits per heavy atom. The Morgan fingerprint density at radius 3 is 1.31 bits per heavy atom. The zero-order valence-corrected chi connectivity index (χ0v) is 28.9. The Morgan fingerprint density at radius 1 is 0.556 bits per heavy atom. The van der Waals surface area contributed by atoms with Gasteiger partial charge in [-0.15, -0.1) is 0 Å². The molecule has 0 unspecified atom stereocenters. The summed E-state index contributed by atoms with van der Waals surface area (Å²) in [7, 11) is 0. The molecule has 0 spiro atoms. The molecule has 1 aromatic carbocycles. The highest BCUT2D eigenvalue weighted by Gasteiger charge is 2.33. The van der Waals surface area contributed by atoms with Crippen molar-refractivity contribution in [3.8, 4) is 5.75 Å². The number of rotatable bonds is 24. The van der Waals surface area contributed by atoms with E-state index in [9.17, 15) is 63.6 Å². The number of aromatic hydroxyl groups is 1. The van der Waals surface area contributed by atoms with Gasteiger partial charge in [0, 0.05) is 12.8 Å². The van der Waals surface area contributed by atoms with E-state index >= 15 is 0 Å². The number of hydrogen-bond donors (Lipinski definition) is 14. The van der Waals surface area contributed by atoms with Gasteiger partial charge in [-0.25, -0.2) is 4.79 Å². The Balaban J connectivity index is 3.01. The third-order valence-electron chi connectivity index (χ3n) is 7.47. The van der Waals surface area contributed by atoms with Gasteiger partial charge < -0.3 is 73.4 Å². The van der Waals surface area contributed by atoms with E-state index in [1.165, 1.54) is 31.2 Å². The number of nitrogens with two attached hydrogens (primary N) is 1. The van der Waals surface area contributed by atoms with Gasteiger partial charge >= 0.3 is 17.9 Å². The van der Waals surface area contributed by atoms with Crippen molar-refractivity contribution in [2.24, 2.45) is 5.73 Å². The second-order valence-electron chi connectivity index (χ2n) is 11.8. The fourth-order valence-electron chi connectivity index (χ4n) is 4.40. The highest BCUT2D eigenvalue weighted by Crippen LogP contribution is 2.11. The molecule has 23 nitrogen and oxygen atoms in total. The minimum absolute atomic E-state index is 0.00165. The number of carbonyl (C=O) groups excluding carboxylic acids is 6. The summed E-state index contributed by atoms with van der Waals surface area (Å²) in [6.45, 7) is -2.03. The molecule has 0 aromatic heterocycles. The minimum Gasteiger partial charge on any atom is -0.508 e. The van der Waals surface area contributed by atoms with Crippen LogP contribution in [0.1, 0.15) is 38.2 Å². The second-order valence-corrected chi connectivity index (χ2v) is 11.8. The first kappa shape index (κ1) is 46.1. The average molecular weight is 772 g/mol. The maximum absolute atomic E-state index is 13.2. The highest BCUT2D eigenvalue weighted by molar-refractivity contribution is 5.97. The number of hydrogen-bond acceptors (Lipinski definition) is 14. The van der Waals surface area contributed by atoms with Crippen molar-refractivity contribution in [3.05, 3.63) is 29.8 Å². The van der Waals surface area contributed by atoms with Gasteiger partial charge in [-0.1, -0.05) is 12.1 Å². The van der Waals surface area contributed by atoms with Crippen LogP contribution in [0.4, 0.5) is 0 Å². The minimum atomic E-state index is -1.91. The van der Waals surface area contributed by atoms with Crippen molar-refractivity contribution >= 4 is 53.4 Å². The summed E-state index contributed by atoms with van der Waals surface area (Å²) in [5, 5.41) is 78.0. The third-order valence-corrected chi connectivity index (χ3v) is 7.47. The molecule has 15 N–H and O–H groups in total. The molecule has 0 heterocycles. The van der Waals surface area contributed by atoms with Gasteiger partial charge in [0.15, 0.2) is 0 Å². The molecule has 1 aromatic rings. The summed E-state index contributed by atoms with van der Waals surface area (Å²) >= 11 is 0. The number of carboxylic acids is 3. The van der Waals surface area contributed by atoms with Gasteiger partial charge in [0.2, 0.25) is 35.4 Å².